The SMILES string of the molecule is C#CCCCCNc1nccc2cc(OC)ccc12. The lowest BCUT2D eigenvalue weighted by molar-refractivity contribution is 0.415. The number of fused-ring (bicyclic) bond motifs is 1. The molecular weight excluding hydrogens is 236 g/mol. The van der Waals surface area contributed by atoms with Crippen LogP contribution >= 0.6 is 0 Å². The third-order valence-corrected chi connectivity index (χ3v) is 3.01. The lowest BCUT2D eigenvalue weighted by Gasteiger charge is -2.09. The molecule has 1 aromatic heterocycles. The molecule has 0 spiro atoms. The zero-order chi connectivity index (χ0) is 13.5. The van der Waals surface area contributed by atoms with Crippen LogP contribution in [0.1, 0.15) is 19.3 Å². The van der Waals surface area contributed by atoms with E-state index in [-0.39, 0.29) is 0 Å². The summed E-state index contributed by atoms with van der Waals surface area (Å²) in [7, 11) is 1.67. The van der Waals surface area contributed by atoms with Gasteiger partial charge in [-0.1, -0.05) is 0 Å². The van der Waals surface area contributed by atoms with Crippen molar-refractivity contribution in [2.75, 3.05) is 19.0 Å². The van der Waals surface area contributed by atoms with Gasteiger partial charge in [0, 0.05) is 24.5 Å². The first kappa shape index (κ1) is 13.2. The highest BCUT2D eigenvalue weighted by Gasteiger charge is 2.02. The van der Waals surface area contributed by atoms with E-state index in [9.17, 15) is 0 Å². The maximum Gasteiger partial charge on any atom is 0.133 e. The van der Waals surface area contributed by atoms with Crippen molar-refractivity contribution in [1.29, 1.82) is 0 Å². The number of methoxy groups -OCH3 is 1. The molecule has 1 aromatic carbocycles. The van der Waals surface area contributed by atoms with Crippen LogP contribution in [-0.2, 0) is 0 Å². The molecule has 0 saturated heterocycles. The number of hydrogen-bond donors (Lipinski definition) is 1. The molecule has 0 bridgehead atoms. The monoisotopic (exact) mass is 254 g/mol. The lowest BCUT2D eigenvalue weighted by atomic mass is 10.1. The quantitative estimate of drug-likeness (QED) is 0.633. The van der Waals surface area contributed by atoms with Gasteiger partial charge < -0.3 is 10.1 Å². The maximum absolute atomic E-state index is 5.23. The first-order valence-electron chi connectivity index (χ1n) is 6.45. The highest BCUT2D eigenvalue weighted by molar-refractivity contribution is 5.92. The number of benzene rings is 1. The summed E-state index contributed by atoms with van der Waals surface area (Å²) in [4.78, 5) is 4.39. The zero-order valence-corrected chi connectivity index (χ0v) is 11.1. The number of nitrogens with one attached hydrogen (secondary N) is 1. The molecule has 2 rings (SSSR count). The van der Waals surface area contributed by atoms with Crippen molar-refractivity contribution in [3.8, 4) is 18.1 Å². The van der Waals surface area contributed by atoms with Gasteiger partial charge in [0.15, 0.2) is 0 Å². The van der Waals surface area contributed by atoms with E-state index in [2.05, 4.69) is 16.2 Å². The van der Waals surface area contributed by atoms with Crippen molar-refractivity contribution in [2.45, 2.75) is 19.3 Å². The van der Waals surface area contributed by atoms with Crippen LogP contribution in [0.3, 0.4) is 0 Å². The number of pyridine rings is 1. The third kappa shape index (κ3) is 3.38. The number of hydrogen-bond acceptors (Lipinski definition) is 3. The van der Waals surface area contributed by atoms with Gasteiger partial charge in [0.05, 0.1) is 7.11 Å². The Kier molecular flexibility index (Phi) is 4.63. The smallest absolute Gasteiger partial charge is 0.133 e. The fourth-order valence-electron chi connectivity index (χ4n) is 1.98. The van der Waals surface area contributed by atoms with Crippen LogP contribution in [0.2, 0.25) is 0 Å². The second kappa shape index (κ2) is 6.65. The Morgan fingerprint density at radius 1 is 1.32 bits per heavy atom. The van der Waals surface area contributed by atoms with Crippen molar-refractivity contribution in [1.82, 2.24) is 4.98 Å². The fraction of sp³-hybridized carbons (Fsp3) is 0.312. The van der Waals surface area contributed by atoms with E-state index in [0.29, 0.717) is 0 Å². The predicted molar refractivity (Wildman–Crippen MR) is 79.5 cm³/mol. The lowest BCUT2D eigenvalue weighted by Crippen LogP contribution is -2.03. The van der Waals surface area contributed by atoms with Crippen LogP contribution in [0.25, 0.3) is 10.8 Å². The summed E-state index contributed by atoms with van der Waals surface area (Å²) in [5.74, 6) is 4.43. The summed E-state index contributed by atoms with van der Waals surface area (Å²) in [6, 6.07) is 7.99. The Hall–Kier alpha value is -2.21. The molecule has 0 aliphatic rings. The standard InChI is InChI=1S/C16H18N2O/c1-3-4-5-6-10-17-16-15-8-7-14(19-2)12-13(15)9-11-18-16/h1,7-9,11-12H,4-6,10H2,2H3,(H,17,18). The summed E-state index contributed by atoms with van der Waals surface area (Å²) in [5.41, 5.74) is 0. The highest BCUT2D eigenvalue weighted by Crippen LogP contribution is 2.25. The van der Waals surface area contributed by atoms with E-state index in [4.69, 9.17) is 11.2 Å². The van der Waals surface area contributed by atoms with Crippen molar-refractivity contribution in [2.24, 2.45) is 0 Å². The summed E-state index contributed by atoms with van der Waals surface area (Å²) >= 11 is 0. The number of aromatic nitrogens is 1. The first-order chi connectivity index (χ1) is 9.35. The Balaban J connectivity index is 2.08. The zero-order valence-electron chi connectivity index (χ0n) is 11.1. The fourth-order valence-corrected chi connectivity index (χ4v) is 1.98. The molecule has 0 fully saturated rings. The largest absolute Gasteiger partial charge is 0.497 e. The average Bonchev–Trinajstić information content (AvgIpc) is 2.46. The molecule has 3 nitrogen and oxygen atoms in total. The molecule has 0 radical (unpaired) electrons. The average molecular weight is 254 g/mol. The molecule has 0 unspecified atom stereocenters. The van der Waals surface area contributed by atoms with Crippen LogP contribution in [-0.4, -0.2) is 18.6 Å². The predicted octanol–water partition coefficient (Wildman–Crippen LogP) is 3.46. The normalized spacial score (nSPS) is 10.1. The van der Waals surface area contributed by atoms with Crippen LogP contribution in [0.15, 0.2) is 30.5 Å². The Bertz CT molecular complexity index is 587. The van der Waals surface area contributed by atoms with Gasteiger partial charge in [0.25, 0.3) is 0 Å². The van der Waals surface area contributed by atoms with Crippen molar-refractivity contribution in [3.63, 3.8) is 0 Å². The van der Waals surface area contributed by atoms with E-state index in [1.54, 1.807) is 7.11 Å². The van der Waals surface area contributed by atoms with Gasteiger partial charge >= 0.3 is 0 Å². The molecule has 3 heteroatoms. The molecule has 0 saturated carbocycles. The van der Waals surface area contributed by atoms with Crippen LogP contribution in [0.4, 0.5) is 5.82 Å². The molecule has 1 heterocycles. The molecule has 1 N–H and O–H groups in total. The van der Waals surface area contributed by atoms with Gasteiger partial charge in [-0.05, 0) is 42.5 Å². The van der Waals surface area contributed by atoms with Crippen molar-refractivity contribution in [3.05, 3.63) is 30.5 Å². The van der Waals surface area contributed by atoms with Crippen LogP contribution < -0.4 is 10.1 Å². The van der Waals surface area contributed by atoms with Gasteiger partial charge in [0.2, 0.25) is 0 Å². The molecule has 2 aromatic rings. The maximum atomic E-state index is 5.23. The van der Waals surface area contributed by atoms with Gasteiger partial charge in [-0.15, -0.1) is 12.3 Å². The molecule has 19 heavy (non-hydrogen) atoms. The number of anilines is 1. The first-order valence-corrected chi connectivity index (χ1v) is 6.45. The van der Waals surface area contributed by atoms with Crippen LogP contribution in [0.5, 0.6) is 5.75 Å². The van der Waals surface area contributed by atoms with Gasteiger partial charge in [0.1, 0.15) is 11.6 Å². The number of ether oxygens (including phenoxy) is 1. The molecule has 0 aliphatic heterocycles. The molecule has 0 aliphatic carbocycles. The molecule has 0 atom stereocenters. The highest BCUT2D eigenvalue weighted by atomic mass is 16.5. The number of terminal acetylenes is 1. The molecule has 0 amide bonds. The summed E-state index contributed by atoms with van der Waals surface area (Å²) < 4.78 is 5.23. The van der Waals surface area contributed by atoms with Crippen molar-refractivity contribution < 1.29 is 4.74 Å². The molecular formula is C16H18N2O. The minimum atomic E-state index is 0.835. The number of rotatable bonds is 6. The third-order valence-electron chi connectivity index (χ3n) is 3.01. The van der Waals surface area contributed by atoms with E-state index >= 15 is 0 Å². The topological polar surface area (TPSA) is 34.2 Å². The van der Waals surface area contributed by atoms with E-state index < -0.39 is 0 Å². The van der Waals surface area contributed by atoms with E-state index in [0.717, 1.165) is 48.1 Å². The second-order valence-electron chi connectivity index (χ2n) is 4.33. The number of nitrogens with zero attached hydrogens (tertiary/aromatic N) is 1. The molecule has 98 valence electrons. The van der Waals surface area contributed by atoms with Crippen molar-refractivity contribution >= 4 is 16.6 Å². The summed E-state index contributed by atoms with van der Waals surface area (Å²) in [6.07, 6.45) is 9.97. The van der Waals surface area contributed by atoms with E-state index in [1.165, 1.54) is 0 Å². The second-order valence-corrected chi connectivity index (χ2v) is 4.33. The van der Waals surface area contributed by atoms with E-state index in [1.807, 2.05) is 30.5 Å². The summed E-state index contributed by atoms with van der Waals surface area (Å²) in [6.45, 7) is 0.889. The minimum absolute atomic E-state index is 0.835. The van der Waals surface area contributed by atoms with Crippen LogP contribution in [0, 0.1) is 12.3 Å². The summed E-state index contributed by atoms with van der Waals surface area (Å²) in [5, 5.41) is 5.60. The Morgan fingerprint density at radius 3 is 3.00 bits per heavy atom. The minimum Gasteiger partial charge on any atom is -0.497 e. The Labute approximate surface area is 114 Å². The number of unbranched alkanes of at least 4 members (excludes halogenated alkanes) is 2. The van der Waals surface area contributed by atoms with Gasteiger partial charge in [-0.25, -0.2) is 4.98 Å². The Morgan fingerprint density at radius 2 is 2.21 bits per heavy atom. The van der Waals surface area contributed by atoms with Gasteiger partial charge in [-0.3, -0.25) is 0 Å². The van der Waals surface area contributed by atoms with Gasteiger partial charge in [-0.2, -0.15) is 0 Å².